The van der Waals surface area contributed by atoms with Crippen LogP contribution in [0.3, 0.4) is 0 Å². The summed E-state index contributed by atoms with van der Waals surface area (Å²) in [5.41, 5.74) is 1.36. The topological polar surface area (TPSA) is 169 Å². The second kappa shape index (κ2) is 31.9. The highest BCUT2D eigenvalue weighted by molar-refractivity contribution is 5.80. The number of aliphatic hydroxyl groups excluding tert-OH is 6. The molecular formula is C42H79NO9. The average Bonchev–Trinajstić information content (AvgIpc) is 3.14. The molecule has 306 valence electrons. The van der Waals surface area contributed by atoms with Gasteiger partial charge in [0.05, 0.1) is 25.4 Å². The van der Waals surface area contributed by atoms with E-state index in [1.165, 1.54) is 108 Å². The van der Waals surface area contributed by atoms with Crippen molar-refractivity contribution in [2.45, 2.75) is 224 Å². The van der Waals surface area contributed by atoms with E-state index >= 15 is 0 Å². The standard InChI is InChI=1S/C42H79NO9/c1-4-6-8-10-12-13-14-15-16-17-19-21-25-30-36(46)41(50)43-34(32-51-42-40(49)39(48)38(47)37(31-44)52-42)35(45)29-26-22-24-28-33(3)27-23-20-18-11-9-7-5-2/h26,28-29,34-40,42,44-49H,4-25,27,30-32H2,1-3H3,(H,43,50)/b29-26+,33-28+. The van der Waals surface area contributed by atoms with Crippen LogP contribution in [0.2, 0.25) is 0 Å². The van der Waals surface area contributed by atoms with E-state index in [-0.39, 0.29) is 6.61 Å². The summed E-state index contributed by atoms with van der Waals surface area (Å²) < 4.78 is 11.1. The average molecular weight is 742 g/mol. The highest BCUT2D eigenvalue weighted by Crippen LogP contribution is 2.22. The summed E-state index contributed by atoms with van der Waals surface area (Å²) in [4.78, 5) is 13.0. The minimum absolute atomic E-state index is 0.306. The molecule has 1 heterocycles. The van der Waals surface area contributed by atoms with Gasteiger partial charge in [0.15, 0.2) is 6.29 Å². The van der Waals surface area contributed by atoms with Crippen LogP contribution in [0.1, 0.15) is 175 Å². The smallest absolute Gasteiger partial charge is 0.249 e. The number of nitrogens with one attached hydrogen (secondary N) is 1. The Morgan fingerprint density at radius 1 is 0.731 bits per heavy atom. The molecule has 0 aromatic carbocycles. The zero-order valence-electron chi connectivity index (χ0n) is 33.1. The SMILES string of the molecule is CCCCCCCCCCCCCCCC(O)C(=O)NC(COC1OC(CO)C(O)C(O)C1O)C(O)/C=C/CC/C=C(\C)CCCCCCCCC. The molecule has 0 radical (unpaired) electrons. The van der Waals surface area contributed by atoms with Crippen molar-refractivity contribution in [2.24, 2.45) is 0 Å². The molecule has 8 atom stereocenters. The minimum atomic E-state index is -1.61. The van der Waals surface area contributed by atoms with Gasteiger partial charge in [0.1, 0.15) is 30.5 Å². The summed E-state index contributed by atoms with van der Waals surface area (Å²) >= 11 is 0. The Kier molecular flexibility index (Phi) is 29.9. The van der Waals surface area contributed by atoms with Crippen molar-refractivity contribution in [3.05, 3.63) is 23.8 Å². The predicted octanol–water partition coefficient (Wildman–Crippen LogP) is 6.91. The van der Waals surface area contributed by atoms with E-state index < -0.39 is 61.5 Å². The van der Waals surface area contributed by atoms with E-state index in [1.807, 2.05) is 6.08 Å². The second-order valence-electron chi connectivity index (χ2n) is 15.1. The Hall–Kier alpha value is -1.37. The van der Waals surface area contributed by atoms with Crippen molar-refractivity contribution in [3.63, 3.8) is 0 Å². The van der Waals surface area contributed by atoms with Gasteiger partial charge in [-0.25, -0.2) is 0 Å². The molecule has 10 nitrogen and oxygen atoms in total. The van der Waals surface area contributed by atoms with Gasteiger partial charge >= 0.3 is 0 Å². The van der Waals surface area contributed by atoms with E-state index in [4.69, 9.17) is 9.47 Å². The monoisotopic (exact) mass is 742 g/mol. The molecule has 0 aromatic rings. The third kappa shape index (κ3) is 22.8. The van der Waals surface area contributed by atoms with Gasteiger partial charge in [0.25, 0.3) is 0 Å². The number of ether oxygens (including phenoxy) is 2. The van der Waals surface area contributed by atoms with E-state index in [0.29, 0.717) is 19.3 Å². The van der Waals surface area contributed by atoms with Gasteiger partial charge in [-0.3, -0.25) is 4.79 Å². The summed E-state index contributed by atoms with van der Waals surface area (Å²) in [5.74, 6) is -0.627. The maximum atomic E-state index is 13.0. The molecule has 1 aliphatic rings. The highest BCUT2D eigenvalue weighted by Gasteiger charge is 2.44. The van der Waals surface area contributed by atoms with Crippen molar-refractivity contribution < 1.29 is 44.9 Å². The van der Waals surface area contributed by atoms with E-state index in [0.717, 1.165) is 32.1 Å². The van der Waals surface area contributed by atoms with E-state index in [2.05, 4.69) is 32.2 Å². The van der Waals surface area contributed by atoms with Crippen LogP contribution in [0.15, 0.2) is 23.8 Å². The zero-order chi connectivity index (χ0) is 38.4. The first-order valence-corrected chi connectivity index (χ1v) is 21.1. The molecule has 0 aromatic heterocycles. The lowest BCUT2D eigenvalue weighted by molar-refractivity contribution is -0.302. The van der Waals surface area contributed by atoms with Gasteiger partial charge in [-0.1, -0.05) is 160 Å². The number of aliphatic hydroxyl groups is 6. The molecule has 52 heavy (non-hydrogen) atoms. The largest absolute Gasteiger partial charge is 0.394 e. The van der Waals surface area contributed by atoms with Crippen molar-refractivity contribution in [2.75, 3.05) is 13.2 Å². The Labute approximate surface area is 316 Å². The summed E-state index contributed by atoms with van der Waals surface area (Å²) in [6.45, 7) is 5.71. The van der Waals surface area contributed by atoms with Crippen LogP contribution in [-0.2, 0) is 14.3 Å². The fourth-order valence-corrected chi connectivity index (χ4v) is 6.65. The molecule has 10 heteroatoms. The van der Waals surface area contributed by atoms with Crippen LogP contribution >= 0.6 is 0 Å². The fraction of sp³-hybridized carbons (Fsp3) is 0.881. The van der Waals surface area contributed by atoms with E-state index in [1.54, 1.807) is 6.08 Å². The van der Waals surface area contributed by atoms with Gasteiger partial charge in [-0.05, 0) is 39.0 Å². The van der Waals surface area contributed by atoms with Crippen LogP contribution in [0.25, 0.3) is 0 Å². The molecule has 7 N–H and O–H groups in total. The van der Waals surface area contributed by atoms with Crippen molar-refractivity contribution in [3.8, 4) is 0 Å². The number of hydrogen-bond acceptors (Lipinski definition) is 9. The molecule has 1 saturated heterocycles. The number of carbonyl (C=O) groups excluding carboxylic acids is 1. The maximum absolute atomic E-state index is 13.0. The lowest BCUT2D eigenvalue weighted by Gasteiger charge is -2.40. The van der Waals surface area contributed by atoms with Crippen molar-refractivity contribution in [1.82, 2.24) is 5.32 Å². The lowest BCUT2D eigenvalue weighted by Crippen LogP contribution is -2.60. The molecule has 1 amide bonds. The number of hydrogen-bond donors (Lipinski definition) is 7. The number of amides is 1. The Bertz CT molecular complexity index is 914. The summed E-state index contributed by atoms with van der Waals surface area (Å²) in [5, 5.41) is 64.5. The molecule has 0 spiro atoms. The minimum Gasteiger partial charge on any atom is -0.394 e. The van der Waals surface area contributed by atoms with Gasteiger partial charge < -0.3 is 45.4 Å². The van der Waals surface area contributed by atoms with Gasteiger partial charge in [-0.15, -0.1) is 0 Å². The van der Waals surface area contributed by atoms with Crippen LogP contribution in [0, 0.1) is 0 Å². The van der Waals surface area contributed by atoms with E-state index in [9.17, 15) is 35.4 Å². The van der Waals surface area contributed by atoms with Gasteiger partial charge in [0.2, 0.25) is 5.91 Å². The first-order chi connectivity index (χ1) is 25.2. The number of carbonyl (C=O) groups is 1. The summed E-state index contributed by atoms with van der Waals surface area (Å²) in [6, 6.07) is -0.994. The Morgan fingerprint density at radius 2 is 1.25 bits per heavy atom. The van der Waals surface area contributed by atoms with Gasteiger partial charge in [0, 0.05) is 0 Å². The first-order valence-electron chi connectivity index (χ1n) is 21.1. The number of allylic oxidation sites excluding steroid dienone is 3. The lowest BCUT2D eigenvalue weighted by atomic mass is 9.99. The second-order valence-corrected chi connectivity index (χ2v) is 15.1. The Balaban J connectivity index is 2.57. The van der Waals surface area contributed by atoms with Crippen LogP contribution in [-0.4, -0.2) is 98.7 Å². The molecule has 1 aliphatic heterocycles. The predicted molar refractivity (Wildman–Crippen MR) is 209 cm³/mol. The molecule has 0 aliphatic carbocycles. The van der Waals surface area contributed by atoms with Crippen LogP contribution in [0.4, 0.5) is 0 Å². The molecule has 0 bridgehead atoms. The van der Waals surface area contributed by atoms with Crippen LogP contribution < -0.4 is 5.32 Å². The van der Waals surface area contributed by atoms with Gasteiger partial charge in [-0.2, -0.15) is 0 Å². The zero-order valence-corrected chi connectivity index (χ0v) is 33.1. The Morgan fingerprint density at radius 3 is 1.79 bits per heavy atom. The third-order valence-electron chi connectivity index (χ3n) is 10.2. The first kappa shape index (κ1) is 48.6. The molecule has 1 rings (SSSR count). The van der Waals surface area contributed by atoms with Crippen LogP contribution in [0.5, 0.6) is 0 Å². The molecule has 0 saturated carbocycles. The molecule has 8 unspecified atom stereocenters. The maximum Gasteiger partial charge on any atom is 0.249 e. The molecule has 1 fully saturated rings. The number of rotatable bonds is 33. The normalized spacial score (nSPS) is 22.9. The molecular weight excluding hydrogens is 662 g/mol. The van der Waals surface area contributed by atoms with Crippen molar-refractivity contribution in [1.29, 1.82) is 0 Å². The summed E-state index contributed by atoms with van der Waals surface area (Å²) in [6.07, 6.45) is 23.4. The number of unbranched alkanes of at least 4 members (excludes halogenated alkanes) is 19. The quantitative estimate of drug-likeness (QED) is 0.0279. The fourth-order valence-electron chi connectivity index (χ4n) is 6.65. The highest BCUT2D eigenvalue weighted by atomic mass is 16.7. The van der Waals surface area contributed by atoms with Crippen molar-refractivity contribution >= 4 is 5.91 Å². The third-order valence-corrected chi connectivity index (χ3v) is 10.2. The summed E-state index contributed by atoms with van der Waals surface area (Å²) in [7, 11) is 0.